The zero-order valence-electron chi connectivity index (χ0n) is 23.4. The summed E-state index contributed by atoms with van der Waals surface area (Å²) < 4.78 is 28.5. The van der Waals surface area contributed by atoms with Gasteiger partial charge in [-0.3, -0.25) is 24.0 Å². The van der Waals surface area contributed by atoms with Gasteiger partial charge in [0.1, 0.15) is 12.6 Å². The van der Waals surface area contributed by atoms with Crippen LogP contribution in [-0.4, -0.2) is 49.2 Å². The summed E-state index contributed by atoms with van der Waals surface area (Å²) in [6.07, 6.45) is 0.208. The first-order valence-corrected chi connectivity index (χ1v) is 15.4. The number of nitrogens with one attached hydrogen (secondary N) is 1. The highest BCUT2D eigenvalue weighted by Crippen LogP contribution is 2.30. The van der Waals surface area contributed by atoms with Gasteiger partial charge < -0.3 is 10.2 Å². The molecule has 3 rings (SSSR count). The molecule has 13 heteroatoms. The lowest BCUT2D eigenvalue weighted by molar-refractivity contribution is -0.384. The largest absolute Gasteiger partial charge is 0.354 e. The van der Waals surface area contributed by atoms with E-state index < -0.39 is 39.3 Å². The van der Waals surface area contributed by atoms with Crippen LogP contribution in [0.4, 0.5) is 11.4 Å². The Kier molecular flexibility index (Phi) is 11.3. The molecule has 0 bridgehead atoms. The summed E-state index contributed by atoms with van der Waals surface area (Å²) in [6.45, 7) is 5.02. The normalized spacial score (nSPS) is 12.0. The van der Waals surface area contributed by atoms with Crippen molar-refractivity contribution in [1.29, 1.82) is 0 Å². The van der Waals surface area contributed by atoms with E-state index in [0.29, 0.717) is 12.1 Å². The molecule has 0 aliphatic rings. The molecular formula is C29H32Cl2N4O6S. The SMILES string of the molecule is CCC(C(=O)NCC(C)C)N(Cc1c(Cl)cccc1Cl)C(=O)CN(c1cccc([N+](=O)[O-])c1)S(=O)(=O)c1ccccc1. The quantitative estimate of drug-likeness (QED) is 0.190. The van der Waals surface area contributed by atoms with Crippen LogP contribution >= 0.6 is 23.2 Å². The second kappa shape index (κ2) is 14.5. The third kappa shape index (κ3) is 7.99. The molecule has 0 aliphatic carbocycles. The third-order valence-corrected chi connectivity index (χ3v) is 8.90. The van der Waals surface area contributed by atoms with Gasteiger partial charge >= 0.3 is 0 Å². The zero-order chi connectivity index (χ0) is 31.0. The fraction of sp³-hybridized carbons (Fsp3) is 0.310. The molecule has 42 heavy (non-hydrogen) atoms. The molecule has 1 N–H and O–H groups in total. The topological polar surface area (TPSA) is 130 Å². The molecule has 0 heterocycles. The van der Waals surface area contributed by atoms with Gasteiger partial charge in [0.25, 0.3) is 15.7 Å². The summed E-state index contributed by atoms with van der Waals surface area (Å²) in [5.74, 6) is -1.01. The molecule has 1 unspecified atom stereocenters. The van der Waals surface area contributed by atoms with Crippen LogP contribution in [0.15, 0.2) is 77.7 Å². The maximum atomic E-state index is 14.1. The first kappa shape index (κ1) is 32.8. The van der Waals surface area contributed by atoms with Crippen molar-refractivity contribution < 1.29 is 22.9 Å². The Hall–Kier alpha value is -3.67. The molecule has 0 aliphatic heterocycles. The lowest BCUT2D eigenvalue weighted by Crippen LogP contribution is -2.52. The molecule has 3 aromatic carbocycles. The number of sulfonamides is 1. The Balaban J connectivity index is 2.12. The molecule has 2 amide bonds. The van der Waals surface area contributed by atoms with Gasteiger partial charge in [0.2, 0.25) is 11.8 Å². The number of hydrogen-bond acceptors (Lipinski definition) is 6. The number of benzene rings is 3. The van der Waals surface area contributed by atoms with Crippen LogP contribution in [-0.2, 0) is 26.2 Å². The molecule has 3 aromatic rings. The van der Waals surface area contributed by atoms with E-state index in [9.17, 15) is 28.1 Å². The Morgan fingerprint density at radius 1 is 0.976 bits per heavy atom. The number of carbonyl (C=O) groups is 2. The lowest BCUT2D eigenvalue weighted by atomic mass is 10.1. The van der Waals surface area contributed by atoms with E-state index in [4.69, 9.17) is 23.2 Å². The molecular weight excluding hydrogens is 603 g/mol. The van der Waals surface area contributed by atoms with Crippen LogP contribution in [0.2, 0.25) is 10.0 Å². The molecule has 224 valence electrons. The molecule has 0 spiro atoms. The average Bonchev–Trinajstić information content (AvgIpc) is 2.96. The van der Waals surface area contributed by atoms with Crippen molar-refractivity contribution in [3.8, 4) is 0 Å². The Morgan fingerprint density at radius 2 is 1.60 bits per heavy atom. The maximum Gasteiger partial charge on any atom is 0.271 e. The Morgan fingerprint density at radius 3 is 2.17 bits per heavy atom. The fourth-order valence-electron chi connectivity index (χ4n) is 4.21. The first-order valence-electron chi connectivity index (χ1n) is 13.2. The number of nitro benzene ring substituents is 1. The van der Waals surface area contributed by atoms with Gasteiger partial charge in [-0.15, -0.1) is 0 Å². The summed E-state index contributed by atoms with van der Waals surface area (Å²) >= 11 is 12.8. The number of carbonyl (C=O) groups excluding carboxylic acids is 2. The zero-order valence-corrected chi connectivity index (χ0v) is 25.7. The van der Waals surface area contributed by atoms with Crippen molar-refractivity contribution in [3.63, 3.8) is 0 Å². The molecule has 0 radical (unpaired) electrons. The number of halogens is 2. The van der Waals surface area contributed by atoms with E-state index in [1.807, 2.05) is 13.8 Å². The van der Waals surface area contributed by atoms with Crippen LogP contribution in [0.1, 0.15) is 32.8 Å². The second-order valence-electron chi connectivity index (χ2n) is 9.89. The predicted molar refractivity (Wildman–Crippen MR) is 163 cm³/mol. The highest BCUT2D eigenvalue weighted by Gasteiger charge is 2.34. The minimum Gasteiger partial charge on any atom is -0.354 e. The number of amides is 2. The minimum absolute atomic E-state index is 0.0885. The van der Waals surface area contributed by atoms with E-state index >= 15 is 0 Å². The van der Waals surface area contributed by atoms with Crippen LogP contribution in [0.3, 0.4) is 0 Å². The van der Waals surface area contributed by atoms with Gasteiger partial charge in [0.05, 0.1) is 15.5 Å². The van der Waals surface area contributed by atoms with Crippen molar-refractivity contribution in [1.82, 2.24) is 10.2 Å². The van der Waals surface area contributed by atoms with Gasteiger partial charge in [0.15, 0.2) is 0 Å². The standard InChI is InChI=1S/C29H32Cl2N4O6S/c1-4-27(29(37)32-17-20(2)3)33(18-24-25(30)14-9-15-26(24)31)28(36)19-34(21-10-8-11-22(16-21)35(38)39)42(40,41)23-12-6-5-7-13-23/h5-16,20,27H,4,17-19H2,1-3H3,(H,32,37). The second-order valence-corrected chi connectivity index (χ2v) is 12.6. The van der Waals surface area contributed by atoms with Gasteiger partial charge in [-0.1, -0.05) is 74.3 Å². The van der Waals surface area contributed by atoms with Crippen LogP contribution in [0, 0.1) is 16.0 Å². The van der Waals surface area contributed by atoms with E-state index in [1.165, 1.54) is 47.4 Å². The van der Waals surface area contributed by atoms with E-state index in [2.05, 4.69) is 5.32 Å². The van der Waals surface area contributed by atoms with E-state index in [-0.39, 0.29) is 45.2 Å². The molecule has 0 aromatic heterocycles. The minimum atomic E-state index is -4.38. The van der Waals surface area contributed by atoms with Crippen molar-refractivity contribution in [2.24, 2.45) is 5.92 Å². The smallest absolute Gasteiger partial charge is 0.271 e. The Bertz CT molecular complexity index is 1520. The Labute approximate surface area is 255 Å². The van der Waals surface area contributed by atoms with Crippen molar-refractivity contribution in [2.75, 3.05) is 17.4 Å². The fourth-order valence-corrected chi connectivity index (χ4v) is 6.15. The van der Waals surface area contributed by atoms with Crippen molar-refractivity contribution >= 4 is 56.4 Å². The predicted octanol–water partition coefficient (Wildman–Crippen LogP) is 5.68. The molecule has 1 atom stereocenters. The summed E-state index contributed by atoms with van der Waals surface area (Å²) in [4.78, 5) is 39.4. The summed E-state index contributed by atoms with van der Waals surface area (Å²) in [7, 11) is -4.38. The molecule has 10 nitrogen and oxygen atoms in total. The molecule has 0 saturated carbocycles. The summed E-state index contributed by atoms with van der Waals surface area (Å²) in [6, 6.07) is 16.3. The average molecular weight is 636 g/mol. The number of nitrogens with zero attached hydrogens (tertiary/aromatic N) is 3. The highest BCUT2D eigenvalue weighted by atomic mass is 35.5. The molecule has 0 fully saturated rings. The maximum absolute atomic E-state index is 14.1. The molecule has 0 saturated heterocycles. The van der Waals surface area contributed by atoms with E-state index in [1.54, 1.807) is 31.2 Å². The van der Waals surface area contributed by atoms with Crippen LogP contribution in [0.5, 0.6) is 0 Å². The van der Waals surface area contributed by atoms with Crippen molar-refractivity contribution in [3.05, 3.63) is 98.5 Å². The lowest BCUT2D eigenvalue weighted by Gasteiger charge is -2.33. The van der Waals surface area contributed by atoms with Gasteiger partial charge in [-0.05, 0) is 42.7 Å². The van der Waals surface area contributed by atoms with Crippen LogP contribution in [0.25, 0.3) is 0 Å². The number of hydrogen-bond donors (Lipinski definition) is 1. The number of anilines is 1. The van der Waals surface area contributed by atoms with Crippen LogP contribution < -0.4 is 9.62 Å². The summed E-state index contributed by atoms with van der Waals surface area (Å²) in [5, 5.41) is 14.9. The van der Waals surface area contributed by atoms with Gasteiger partial charge in [0, 0.05) is 40.8 Å². The van der Waals surface area contributed by atoms with Gasteiger partial charge in [-0.2, -0.15) is 0 Å². The number of non-ortho nitro benzene ring substituents is 1. The van der Waals surface area contributed by atoms with Crippen molar-refractivity contribution in [2.45, 2.75) is 44.7 Å². The highest BCUT2D eigenvalue weighted by molar-refractivity contribution is 7.92. The van der Waals surface area contributed by atoms with E-state index in [0.717, 1.165) is 10.4 Å². The van der Waals surface area contributed by atoms with Gasteiger partial charge in [-0.25, -0.2) is 8.42 Å². The first-order chi connectivity index (χ1) is 19.9. The summed E-state index contributed by atoms with van der Waals surface area (Å²) in [5.41, 5.74) is -0.0565. The monoisotopic (exact) mass is 634 g/mol. The number of nitro groups is 1. The number of rotatable bonds is 13. The third-order valence-electron chi connectivity index (χ3n) is 6.40.